The average Bonchev–Trinajstić information content (AvgIpc) is 2.18. The number of nitrogens with zero attached hydrogens (tertiary/aromatic N) is 1. The van der Waals surface area contributed by atoms with E-state index in [1.54, 1.807) is 0 Å². The molecule has 1 heterocycles. The first-order chi connectivity index (χ1) is 6.66. The molecule has 4 heteroatoms. The molecule has 2 unspecified atom stereocenters. The maximum Gasteiger partial charge on any atom is 0.236 e. The largest absolute Gasteiger partial charge is 0.380 e. The van der Waals surface area contributed by atoms with E-state index >= 15 is 0 Å². The second kappa shape index (κ2) is 5.71. The molecule has 1 saturated heterocycles. The first kappa shape index (κ1) is 12.0. The lowest BCUT2D eigenvalue weighted by Gasteiger charge is -2.34. The molecule has 0 bridgehead atoms. The van der Waals surface area contributed by atoms with Gasteiger partial charge >= 0.3 is 0 Å². The molecule has 0 spiro atoms. The van der Waals surface area contributed by atoms with Crippen LogP contribution in [-0.4, -0.2) is 41.4 Å². The monoisotopic (exact) mass is 263 g/mol. The summed E-state index contributed by atoms with van der Waals surface area (Å²) in [7, 11) is 0. The van der Waals surface area contributed by atoms with Crippen LogP contribution in [0.4, 0.5) is 0 Å². The number of rotatable bonds is 4. The topological polar surface area (TPSA) is 29.5 Å². The van der Waals surface area contributed by atoms with Gasteiger partial charge < -0.3 is 9.64 Å². The molecule has 2 atom stereocenters. The fourth-order valence-corrected chi connectivity index (χ4v) is 2.26. The van der Waals surface area contributed by atoms with Gasteiger partial charge in [0.25, 0.3) is 0 Å². The maximum absolute atomic E-state index is 11.8. The first-order valence-corrected chi connectivity index (χ1v) is 6.10. The summed E-state index contributed by atoms with van der Waals surface area (Å²) in [4.78, 5) is 13.7. The van der Waals surface area contributed by atoms with E-state index in [9.17, 15) is 4.79 Å². The molecule has 0 radical (unpaired) electrons. The summed E-state index contributed by atoms with van der Waals surface area (Å²) in [6.07, 6.45) is 2.04. The highest BCUT2D eigenvalue weighted by atomic mass is 79.9. The van der Waals surface area contributed by atoms with E-state index < -0.39 is 0 Å². The molecule has 3 nitrogen and oxygen atoms in total. The number of amides is 1. The normalized spacial score (nSPS) is 25.2. The Hall–Kier alpha value is -0.0900. The van der Waals surface area contributed by atoms with Crippen LogP contribution in [0.2, 0.25) is 0 Å². The van der Waals surface area contributed by atoms with Gasteiger partial charge in [-0.2, -0.15) is 0 Å². The molecule has 1 amide bonds. The number of ether oxygens (including phenoxy) is 1. The molecule has 1 fully saturated rings. The van der Waals surface area contributed by atoms with Gasteiger partial charge in [-0.15, -0.1) is 0 Å². The van der Waals surface area contributed by atoms with Gasteiger partial charge in [0, 0.05) is 13.2 Å². The van der Waals surface area contributed by atoms with Gasteiger partial charge in [-0.3, -0.25) is 4.79 Å². The standard InChI is InChI=1S/C10H18BrNO2/c1-3-14-7-8(2)12-6-4-5-9(11)10(12)13/h8-9H,3-7H2,1-2H3. The van der Waals surface area contributed by atoms with Crippen LogP contribution in [0, 0.1) is 0 Å². The van der Waals surface area contributed by atoms with Gasteiger partial charge in [-0.05, 0) is 26.7 Å². The summed E-state index contributed by atoms with van der Waals surface area (Å²) in [6.45, 7) is 6.23. The molecule has 0 saturated carbocycles. The highest BCUT2D eigenvalue weighted by Gasteiger charge is 2.29. The van der Waals surface area contributed by atoms with E-state index in [2.05, 4.69) is 15.9 Å². The number of carbonyl (C=O) groups is 1. The van der Waals surface area contributed by atoms with Crippen molar-refractivity contribution in [3.63, 3.8) is 0 Å². The van der Waals surface area contributed by atoms with Crippen LogP contribution >= 0.6 is 15.9 Å². The molecule has 0 aromatic heterocycles. The zero-order chi connectivity index (χ0) is 10.6. The summed E-state index contributed by atoms with van der Waals surface area (Å²) in [6, 6.07) is 0.197. The van der Waals surface area contributed by atoms with E-state index in [1.807, 2.05) is 18.7 Å². The Morgan fingerprint density at radius 1 is 1.71 bits per heavy atom. The fraction of sp³-hybridized carbons (Fsp3) is 0.900. The summed E-state index contributed by atoms with van der Waals surface area (Å²) in [5, 5.41) is 0. The number of piperidine rings is 1. The maximum atomic E-state index is 11.8. The molecule has 0 aromatic rings. The highest BCUT2D eigenvalue weighted by molar-refractivity contribution is 9.10. The Labute approximate surface area is 93.9 Å². The third kappa shape index (κ3) is 2.95. The Balaban J connectivity index is 2.44. The molecule has 82 valence electrons. The van der Waals surface area contributed by atoms with Crippen molar-refractivity contribution in [2.45, 2.75) is 37.6 Å². The van der Waals surface area contributed by atoms with Crippen LogP contribution in [0.5, 0.6) is 0 Å². The molecule has 1 rings (SSSR count). The lowest BCUT2D eigenvalue weighted by molar-refractivity contribution is -0.135. The number of likely N-dealkylation sites (tertiary alicyclic amines) is 1. The van der Waals surface area contributed by atoms with E-state index in [4.69, 9.17) is 4.74 Å². The highest BCUT2D eigenvalue weighted by Crippen LogP contribution is 2.20. The molecule has 0 aliphatic carbocycles. The Bertz CT molecular complexity index is 199. The van der Waals surface area contributed by atoms with Crippen molar-refractivity contribution in [3.05, 3.63) is 0 Å². The number of halogens is 1. The fourth-order valence-electron chi connectivity index (χ4n) is 1.67. The second-order valence-electron chi connectivity index (χ2n) is 3.65. The lowest BCUT2D eigenvalue weighted by Crippen LogP contribution is -2.48. The number of hydrogen-bond acceptors (Lipinski definition) is 2. The molecule has 0 aromatic carbocycles. The smallest absolute Gasteiger partial charge is 0.236 e. The van der Waals surface area contributed by atoms with Crippen LogP contribution in [0.1, 0.15) is 26.7 Å². The van der Waals surface area contributed by atoms with E-state index in [1.165, 1.54) is 0 Å². The van der Waals surface area contributed by atoms with Crippen molar-refractivity contribution >= 4 is 21.8 Å². The van der Waals surface area contributed by atoms with Crippen molar-refractivity contribution in [3.8, 4) is 0 Å². The van der Waals surface area contributed by atoms with Crippen LogP contribution in [0.3, 0.4) is 0 Å². The van der Waals surface area contributed by atoms with Gasteiger partial charge in [0.2, 0.25) is 5.91 Å². The van der Waals surface area contributed by atoms with Crippen LogP contribution in [0.15, 0.2) is 0 Å². The van der Waals surface area contributed by atoms with Gasteiger partial charge in [0.15, 0.2) is 0 Å². The molecular weight excluding hydrogens is 246 g/mol. The Morgan fingerprint density at radius 2 is 2.43 bits per heavy atom. The number of carbonyl (C=O) groups excluding carboxylic acids is 1. The zero-order valence-corrected chi connectivity index (χ0v) is 10.4. The molecule has 14 heavy (non-hydrogen) atoms. The molecule has 0 N–H and O–H groups in total. The summed E-state index contributed by atoms with van der Waals surface area (Å²) in [5.41, 5.74) is 0. The third-order valence-corrected chi connectivity index (χ3v) is 3.35. The minimum atomic E-state index is 0.0142. The van der Waals surface area contributed by atoms with Gasteiger partial charge in [-0.25, -0.2) is 0 Å². The van der Waals surface area contributed by atoms with Crippen molar-refractivity contribution in [2.24, 2.45) is 0 Å². The Kier molecular flexibility index (Phi) is 4.89. The van der Waals surface area contributed by atoms with Crippen LogP contribution in [0.25, 0.3) is 0 Å². The number of alkyl halides is 1. The average molecular weight is 264 g/mol. The SMILES string of the molecule is CCOCC(C)N1CCCC(Br)C1=O. The van der Waals surface area contributed by atoms with Crippen molar-refractivity contribution < 1.29 is 9.53 Å². The van der Waals surface area contributed by atoms with Gasteiger partial charge in [0.1, 0.15) is 0 Å². The Morgan fingerprint density at radius 3 is 3.07 bits per heavy atom. The molecule has 1 aliphatic heterocycles. The summed E-state index contributed by atoms with van der Waals surface area (Å²) in [5.74, 6) is 0.212. The molecular formula is C10H18BrNO2. The summed E-state index contributed by atoms with van der Waals surface area (Å²) >= 11 is 3.40. The van der Waals surface area contributed by atoms with Crippen molar-refractivity contribution in [1.29, 1.82) is 0 Å². The first-order valence-electron chi connectivity index (χ1n) is 5.19. The van der Waals surface area contributed by atoms with Crippen LogP contribution < -0.4 is 0 Å². The predicted octanol–water partition coefficient (Wildman–Crippen LogP) is 1.80. The van der Waals surface area contributed by atoms with E-state index in [0.29, 0.717) is 13.2 Å². The zero-order valence-electron chi connectivity index (χ0n) is 8.83. The second-order valence-corrected chi connectivity index (χ2v) is 4.76. The number of hydrogen-bond donors (Lipinski definition) is 0. The van der Waals surface area contributed by atoms with Gasteiger partial charge in [0.05, 0.1) is 17.5 Å². The third-order valence-electron chi connectivity index (χ3n) is 2.50. The minimum absolute atomic E-state index is 0.0142. The van der Waals surface area contributed by atoms with Crippen molar-refractivity contribution in [2.75, 3.05) is 19.8 Å². The predicted molar refractivity (Wildman–Crippen MR) is 59.6 cm³/mol. The van der Waals surface area contributed by atoms with E-state index in [-0.39, 0.29) is 16.8 Å². The minimum Gasteiger partial charge on any atom is -0.380 e. The van der Waals surface area contributed by atoms with Gasteiger partial charge in [-0.1, -0.05) is 15.9 Å². The van der Waals surface area contributed by atoms with E-state index in [0.717, 1.165) is 19.4 Å². The summed E-state index contributed by atoms with van der Waals surface area (Å²) < 4.78 is 5.32. The van der Waals surface area contributed by atoms with Crippen molar-refractivity contribution in [1.82, 2.24) is 4.90 Å². The van der Waals surface area contributed by atoms with Crippen LogP contribution in [-0.2, 0) is 9.53 Å². The quantitative estimate of drug-likeness (QED) is 0.724. The lowest BCUT2D eigenvalue weighted by atomic mass is 10.1. The molecule has 1 aliphatic rings.